The molecule has 0 aliphatic carbocycles. The molecule has 1 aromatic heterocycles. The zero-order valence-corrected chi connectivity index (χ0v) is 9.62. The molecule has 2 heterocycles. The van der Waals surface area contributed by atoms with Crippen LogP contribution in [0.25, 0.3) is 10.9 Å². The first-order chi connectivity index (χ1) is 7.25. The molecule has 0 radical (unpaired) electrons. The van der Waals surface area contributed by atoms with Gasteiger partial charge in [0.15, 0.2) is 0 Å². The number of nitrogens with zero attached hydrogens (tertiary/aromatic N) is 2. The number of rotatable bonds is 0. The Morgan fingerprint density at radius 2 is 2.27 bits per heavy atom. The number of benzene rings is 1. The van der Waals surface area contributed by atoms with Crippen LogP contribution in [0.5, 0.6) is 0 Å². The maximum atomic E-state index is 12.1. The van der Waals surface area contributed by atoms with Crippen molar-refractivity contribution in [3.63, 3.8) is 0 Å². The molecule has 1 aliphatic rings. The lowest BCUT2D eigenvalue weighted by atomic mass is 10.2. The molecule has 4 heteroatoms. The van der Waals surface area contributed by atoms with Crippen molar-refractivity contribution in [3.8, 4) is 0 Å². The Kier molecular flexibility index (Phi) is 1.92. The van der Waals surface area contributed by atoms with Crippen LogP contribution < -0.4 is 5.56 Å². The van der Waals surface area contributed by atoms with Gasteiger partial charge in [-0.3, -0.25) is 9.36 Å². The second kappa shape index (κ2) is 3.17. The highest BCUT2D eigenvalue weighted by atomic mass is 79.9. The van der Waals surface area contributed by atoms with Gasteiger partial charge in [0.05, 0.1) is 10.9 Å². The third kappa shape index (κ3) is 1.32. The van der Waals surface area contributed by atoms with Gasteiger partial charge in [0, 0.05) is 17.4 Å². The van der Waals surface area contributed by atoms with Crippen molar-refractivity contribution in [3.05, 3.63) is 38.9 Å². The van der Waals surface area contributed by atoms with E-state index in [2.05, 4.69) is 20.9 Å². The first-order valence-corrected chi connectivity index (χ1v) is 5.74. The Labute approximate surface area is 94.9 Å². The molecule has 15 heavy (non-hydrogen) atoms. The minimum absolute atomic E-state index is 0.0915. The predicted molar refractivity (Wildman–Crippen MR) is 62.0 cm³/mol. The van der Waals surface area contributed by atoms with Gasteiger partial charge in [0.25, 0.3) is 5.56 Å². The summed E-state index contributed by atoms with van der Waals surface area (Å²) in [6.07, 6.45) is 1.95. The lowest BCUT2D eigenvalue weighted by Gasteiger charge is -2.04. The van der Waals surface area contributed by atoms with Crippen molar-refractivity contribution in [2.24, 2.45) is 0 Å². The van der Waals surface area contributed by atoms with Crippen LogP contribution in [0.1, 0.15) is 12.2 Å². The number of halogens is 1. The van der Waals surface area contributed by atoms with Gasteiger partial charge in [-0.2, -0.15) is 0 Å². The minimum Gasteiger partial charge on any atom is -0.296 e. The zero-order chi connectivity index (χ0) is 10.4. The predicted octanol–water partition coefficient (Wildman–Crippen LogP) is 2.11. The molecular weight excluding hydrogens is 256 g/mol. The molecule has 3 rings (SSSR count). The van der Waals surface area contributed by atoms with Crippen molar-refractivity contribution >= 4 is 26.8 Å². The van der Waals surface area contributed by atoms with Gasteiger partial charge in [0.2, 0.25) is 0 Å². The highest BCUT2D eigenvalue weighted by Gasteiger charge is 2.15. The molecule has 0 spiro atoms. The van der Waals surface area contributed by atoms with Crippen LogP contribution in [0.3, 0.4) is 0 Å². The minimum atomic E-state index is 0.0915. The molecule has 2 aromatic rings. The number of aromatic nitrogens is 2. The van der Waals surface area contributed by atoms with E-state index in [1.807, 2.05) is 18.2 Å². The Morgan fingerprint density at radius 1 is 1.40 bits per heavy atom. The normalized spacial score (nSPS) is 14.5. The Bertz CT molecular complexity index is 603. The van der Waals surface area contributed by atoms with Gasteiger partial charge in [-0.15, -0.1) is 0 Å². The van der Waals surface area contributed by atoms with Crippen molar-refractivity contribution in [1.29, 1.82) is 0 Å². The lowest BCUT2D eigenvalue weighted by Crippen LogP contribution is -2.20. The molecule has 0 unspecified atom stereocenters. The summed E-state index contributed by atoms with van der Waals surface area (Å²) in [6, 6.07) is 5.65. The van der Waals surface area contributed by atoms with Crippen LogP contribution in [-0.4, -0.2) is 9.55 Å². The SMILES string of the molecule is O=c1c2cc(Br)ccc2nc2n1CCC2. The summed E-state index contributed by atoms with van der Waals surface area (Å²) in [7, 11) is 0. The van der Waals surface area contributed by atoms with Crippen LogP contribution in [0.2, 0.25) is 0 Å². The Hall–Kier alpha value is -1.16. The molecular formula is C11H9BrN2O. The van der Waals surface area contributed by atoms with Gasteiger partial charge in [0.1, 0.15) is 5.82 Å². The van der Waals surface area contributed by atoms with E-state index >= 15 is 0 Å². The van der Waals surface area contributed by atoms with E-state index in [4.69, 9.17) is 0 Å². The first-order valence-electron chi connectivity index (χ1n) is 4.95. The van der Waals surface area contributed by atoms with Crippen molar-refractivity contribution in [2.45, 2.75) is 19.4 Å². The van der Waals surface area contributed by atoms with E-state index in [0.717, 1.165) is 35.2 Å². The number of aryl methyl sites for hydroxylation is 1. The molecule has 1 aromatic carbocycles. The Balaban J connectivity index is 2.47. The largest absolute Gasteiger partial charge is 0.296 e. The van der Waals surface area contributed by atoms with E-state index in [0.29, 0.717) is 5.39 Å². The monoisotopic (exact) mass is 264 g/mol. The number of fused-ring (bicyclic) bond motifs is 2. The fraction of sp³-hybridized carbons (Fsp3) is 0.273. The number of hydrogen-bond donors (Lipinski definition) is 0. The van der Waals surface area contributed by atoms with Crippen LogP contribution in [0, 0.1) is 0 Å². The molecule has 0 N–H and O–H groups in total. The molecule has 0 atom stereocenters. The second-order valence-corrected chi connectivity index (χ2v) is 4.67. The standard InChI is InChI=1S/C11H9BrN2O/c12-7-3-4-9-8(6-7)11(15)14-5-1-2-10(14)13-9/h3-4,6H,1-2,5H2. The lowest BCUT2D eigenvalue weighted by molar-refractivity contribution is 0.719. The van der Waals surface area contributed by atoms with E-state index in [1.54, 1.807) is 4.57 Å². The smallest absolute Gasteiger partial charge is 0.261 e. The van der Waals surface area contributed by atoms with E-state index in [9.17, 15) is 4.79 Å². The average Bonchev–Trinajstić information content (AvgIpc) is 2.68. The fourth-order valence-electron chi connectivity index (χ4n) is 2.06. The molecule has 76 valence electrons. The summed E-state index contributed by atoms with van der Waals surface area (Å²) in [6.45, 7) is 0.809. The molecule has 0 fully saturated rings. The highest BCUT2D eigenvalue weighted by molar-refractivity contribution is 9.10. The second-order valence-electron chi connectivity index (χ2n) is 3.75. The topological polar surface area (TPSA) is 34.9 Å². The van der Waals surface area contributed by atoms with Gasteiger partial charge in [-0.1, -0.05) is 15.9 Å². The van der Waals surface area contributed by atoms with Crippen LogP contribution in [0.4, 0.5) is 0 Å². The van der Waals surface area contributed by atoms with Crippen molar-refractivity contribution in [2.75, 3.05) is 0 Å². The summed E-state index contributed by atoms with van der Waals surface area (Å²) in [5.41, 5.74) is 0.894. The van der Waals surface area contributed by atoms with Gasteiger partial charge in [-0.05, 0) is 24.6 Å². The highest BCUT2D eigenvalue weighted by Crippen LogP contribution is 2.18. The van der Waals surface area contributed by atoms with E-state index in [-0.39, 0.29) is 5.56 Å². The van der Waals surface area contributed by atoms with Crippen molar-refractivity contribution in [1.82, 2.24) is 9.55 Å². The summed E-state index contributed by atoms with van der Waals surface area (Å²) < 4.78 is 2.71. The quantitative estimate of drug-likeness (QED) is 0.731. The maximum absolute atomic E-state index is 12.1. The van der Waals surface area contributed by atoms with Crippen molar-refractivity contribution < 1.29 is 0 Å². The Morgan fingerprint density at radius 3 is 3.13 bits per heavy atom. The summed E-state index contributed by atoms with van der Waals surface area (Å²) in [5, 5.41) is 0.704. The molecule has 0 amide bonds. The third-order valence-corrected chi connectivity index (χ3v) is 3.27. The van der Waals surface area contributed by atoms with Gasteiger partial charge < -0.3 is 0 Å². The molecule has 0 bridgehead atoms. The zero-order valence-electron chi connectivity index (χ0n) is 8.03. The van der Waals surface area contributed by atoms with Gasteiger partial charge in [-0.25, -0.2) is 4.98 Å². The summed E-state index contributed by atoms with van der Waals surface area (Å²) >= 11 is 3.37. The summed E-state index contributed by atoms with van der Waals surface area (Å²) in [4.78, 5) is 16.6. The third-order valence-electron chi connectivity index (χ3n) is 2.78. The first kappa shape index (κ1) is 9.09. The average molecular weight is 265 g/mol. The summed E-state index contributed by atoms with van der Waals surface area (Å²) in [5.74, 6) is 0.926. The van der Waals surface area contributed by atoms with E-state index in [1.165, 1.54) is 0 Å². The molecule has 0 saturated carbocycles. The van der Waals surface area contributed by atoms with Gasteiger partial charge >= 0.3 is 0 Å². The molecule has 0 saturated heterocycles. The van der Waals surface area contributed by atoms with E-state index < -0.39 is 0 Å². The van der Waals surface area contributed by atoms with Crippen LogP contribution in [-0.2, 0) is 13.0 Å². The molecule has 1 aliphatic heterocycles. The number of hydrogen-bond acceptors (Lipinski definition) is 2. The maximum Gasteiger partial charge on any atom is 0.261 e. The fourth-order valence-corrected chi connectivity index (χ4v) is 2.42. The van der Waals surface area contributed by atoms with Crippen LogP contribution in [0.15, 0.2) is 27.5 Å². The van der Waals surface area contributed by atoms with Crippen LogP contribution >= 0.6 is 15.9 Å². The molecule has 3 nitrogen and oxygen atoms in total.